The lowest BCUT2D eigenvalue weighted by atomic mass is 10.2. The molecule has 1 N–H and O–H groups in total. The fourth-order valence-electron chi connectivity index (χ4n) is 1.15. The van der Waals surface area contributed by atoms with Crippen LogP contribution < -0.4 is 5.43 Å². The number of rotatable bonds is 2. The number of carbonyl (C=O) groups is 2. The average Bonchev–Trinajstić information content (AvgIpc) is 2.30. The van der Waals surface area contributed by atoms with Crippen molar-refractivity contribution in [1.29, 1.82) is 0 Å². The molecule has 0 bridgehead atoms. The van der Waals surface area contributed by atoms with Gasteiger partial charge in [0.15, 0.2) is 5.43 Å². The van der Waals surface area contributed by atoms with Crippen LogP contribution in [0.3, 0.4) is 0 Å². The van der Waals surface area contributed by atoms with Gasteiger partial charge in [0.2, 0.25) is 0 Å². The van der Waals surface area contributed by atoms with E-state index in [0.29, 0.717) is 0 Å². The topological polar surface area (TPSA) is 85.5 Å². The molecule has 0 saturated heterocycles. The Hall–Kier alpha value is -2.11. The Morgan fingerprint density at radius 1 is 1.19 bits per heavy atom. The van der Waals surface area contributed by atoms with Crippen LogP contribution in [0.15, 0.2) is 10.9 Å². The molecule has 1 rings (SSSR count). The maximum absolute atomic E-state index is 11.5. The summed E-state index contributed by atoms with van der Waals surface area (Å²) in [4.78, 5) is 36.5. The zero-order chi connectivity index (χ0) is 12.3. The summed E-state index contributed by atoms with van der Waals surface area (Å²) in [6, 6.07) is 1.08. The fraction of sp³-hybridized carbons (Fsp3) is 0.300. The monoisotopic (exact) mass is 225 g/mol. The van der Waals surface area contributed by atoms with Crippen molar-refractivity contribution in [2.45, 2.75) is 6.92 Å². The molecule has 1 aromatic heterocycles. The molecule has 0 saturated carbocycles. The smallest absolute Gasteiger partial charge is 0.354 e. The van der Waals surface area contributed by atoms with Crippen molar-refractivity contribution in [3.8, 4) is 0 Å². The number of ether oxygens (including phenoxy) is 2. The lowest BCUT2D eigenvalue weighted by Gasteiger charge is -2.05. The van der Waals surface area contributed by atoms with Gasteiger partial charge >= 0.3 is 11.9 Å². The van der Waals surface area contributed by atoms with Crippen LogP contribution in [0.4, 0.5) is 0 Å². The first-order chi connectivity index (χ1) is 7.51. The number of aromatic nitrogens is 1. The molecule has 0 unspecified atom stereocenters. The Bertz CT molecular complexity index is 488. The zero-order valence-electron chi connectivity index (χ0n) is 9.12. The fourth-order valence-corrected chi connectivity index (χ4v) is 1.15. The number of methoxy groups -OCH3 is 2. The molecular formula is C10H11NO5. The normalized spacial score (nSPS) is 9.69. The van der Waals surface area contributed by atoms with Crippen LogP contribution in [0.1, 0.15) is 26.5 Å². The highest BCUT2D eigenvalue weighted by atomic mass is 16.5. The number of carbonyl (C=O) groups excluding carboxylic acids is 2. The van der Waals surface area contributed by atoms with E-state index in [4.69, 9.17) is 0 Å². The summed E-state index contributed by atoms with van der Waals surface area (Å²) in [5.41, 5.74) is -0.368. The van der Waals surface area contributed by atoms with Gasteiger partial charge < -0.3 is 14.5 Å². The number of hydrogen-bond acceptors (Lipinski definition) is 5. The Morgan fingerprint density at radius 2 is 1.75 bits per heavy atom. The molecule has 0 fully saturated rings. The standard InChI is InChI=1S/C10H11NO5/c1-5-7(12)4-6(9(13)15-2)11-8(5)10(14)16-3/h4H,1-3H3,(H,11,12). The Morgan fingerprint density at radius 3 is 2.25 bits per heavy atom. The highest BCUT2D eigenvalue weighted by Gasteiger charge is 2.16. The predicted octanol–water partition coefficient (Wildman–Crippen LogP) is 0.257. The Kier molecular flexibility index (Phi) is 3.44. The Labute approximate surface area is 91.2 Å². The molecular weight excluding hydrogens is 214 g/mol. The minimum Gasteiger partial charge on any atom is -0.464 e. The molecule has 0 amide bonds. The van der Waals surface area contributed by atoms with Gasteiger partial charge in [-0.1, -0.05) is 0 Å². The van der Waals surface area contributed by atoms with Crippen molar-refractivity contribution < 1.29 is 19.1 Å². The first kappa shape index (κ1) is 12.0. The molecule has 16 heavy (non-hydrogen) atoms. The second-order valence-corrected chi connectivity index (χ2v) is 3.03. The van der Waals surface area contributed by atoms with Crippen LogP contribution >= 0.6 is 0 Å². The van der Waals surface area contributed by atoms with E-state index >= 15 is 0 Å². The van der Waals surface area contributed by atoms with Gasteiger partial charge in [0.05, 0.1) is 14.2 Å². The lowest BCUT2D eigenvalue weighted by Crippen LogP contribution is -2.20. The number of aromatic amines is 1. The van der Waals surface area contributed by atoms with Crippen molar-refractivity contribution in [2.75, 3.05) is 14.2 Å². The van der Waals surface area contributed by atoms with Crippen molar-refractivity contribution in [3.63, 3.8) is 0 Å². The second-order valence-electron chi connectivity index (χ2n) is 3.03. The van der Waals surface area contributed by atoms with E-state index in [1.165, 1.54) is 21.1 Å². The third kappa shape index (κ3) is 2.10. The van der Waals surface area contributed by atoms with Crippen molar-refractivity contribution in [2.24, 2.45) is 0 Å². The van der Waals surface area contributed by atoms with E-state index in [0.717, 1.165) is 6.07 Å². The molecule has 0 aliphatic carbocycles. The maximum atomic E-state index is 11.5. The molecule has 0 aliphatic rings. The second kappa shape index (κ2) is 4.61. The summed E-state index contributed by atoms with van der Waals surface area (Å²) in [6.45, 7) is 1.46. The van der Waals surface area contributed by atoms with E-state index in [9.17, 15) is 14.4 Å². The summed E-state index contributed by atoms with van der Waals surface area (Å²) in [5.74, 6) is -1.43. The molecule has 0 atom stereocenters. The number of pyridine rings is 1. The van der Waals surface area contributed by atoms with Crippen molar-refractivity contribution in [3.05, 3.63) is 33.2 Å². The molecule has 6 heteroatoms. The van der Waals surface area contributed by atoms with Crippen LogP contribution in [0, 0.1) is 6.92 Å². The maximum Gasteiger partial charge on any atom is 0.354 e. The van der Waals surface area contributed by atoms with Crippen LogP contribution in [0.2, 0.25) is 0 Å². The van der Waals surface area contributed by atoms with E-state index in [1.807, 2.05) is 0 Å². The predicted molar refractivity (Wildman–Crippen MR) is 54.5 cm³/mol. The number of esters is 2. The zero-order valence-corrected chi connectivity index (χ0v) is 9.12. The summed E-state index contributed by atoms with van der Waals surface area (Å²) in [5, 5.41) is 0. The minimum atomic E-state index is -0.720. The first-order valence-electron chi connectivity index (χ1n) is 4.41. The van der Waals surface area contributed by atoms with Gasteiger partial charge in [0.25, 0.3) is 0 Å². The van der Waals surface area contributed by atoms with Gasteiger partial charge in [0.1, 0.15) is 11.4 Å². The molecule has 0 aliphatic heterocycles. The molecule has 86 valence electrons. The molecule has 1 aromatic rings. The summed E-state index contributed by atoms with van der Waals surface area (Å²) in [7, 11) is 2.36. The van der Waals surface area contributed by atoms with Gasteiger partial charge in [-0.05, 0) is 6.92 Å². The van der Waals surface area contributed by atoms with Gasteiger partial charge in [-0.25, -0.2) is 9.59 Å². The number of nitrogens with one attached hydrogen (secondary N) is 1. The first-order valence-corrected chi connectivity index (χ1v) is 4.41. The minimum absolute atomic E-state index is 0.0459. The van der Waals surface area contributed by atoms with Gasteiger partial charge in [-0.15, -0.1) is 0 Å². The number of H-pyrrole nitrogens is 1. The van der Waals surface area contributed by atoms with E-state index in [2.05, 4.69) is 14.5 Å². The van der Waals surface area contributed by atoms with E-state index < -0.39 is 17.4 Å². The molecule has 0 spiro atoms. The number of hydrogen-bond donors (Lipinski definition) is 1. The lowest BCUT2D eigenvalue weighted by molar-refractivity contribution is 0.0585. The summed E-state index contributed by atoms with van der Waals surface area (Å²) in [6.07, 6.45) is 0. The highest BCUT2D eigenvalue weighted by molar-refractivity contribution is 5.92. The van der Waals surface area contributed by atoms with Gasteiger partial charge in [-0.3, -0.25) is 4.79 Å². The van der Waals surface area contributed by atoms with E-state index in [1.54, 1.807) is 0 Å². The van der Waals surface area contributed by atoms with Gasteiger partial charge in [0, 0.05) is 11.6 Å². The van der Waals surface area contributed by atoms with Crippen molar-refractivity contribution >= 4 is 11.9 Å². The molecule has 0 radical (unpaired) electrons. The molecule has 0 aromatic carbocycles. The Balaban J connectivity index is 3.39. The van der Waals surface area contributed by atoms with Crippen LogP contribution in [-0.2, 0) is 9.47 Å². The van der Waals surface area contributed by atoms with Crippen molar-refractivity contribution in [1.82, 2.24) is 4.98 Å². The molecule has 1 heterocycles. The third-order valence-electron chi connectivity index (χ3n) is 2.07. The quantitative estimate of drug-likeness (QED) is 0.729. The summed E-state index contributed by atoms with van der Waals surface area (Å²) >= 11 is 0. The summed E-state index contributed by atoms with van der Waals surface area (Å²) < 4.78 is 8.92. The van der Waals surface area contributed by atoms with Gasteiger partial charge in [-0.2, -0.15) is 0 Å². The van der Waals surface area contributed by atoms with Crippen LogP contribution in [0.5, 0.6) is 0 Å². The van der Waals surface area contributed by atoms with Crippen LogP contribution in [0.25, 0.3) is 0 Å². The average molecular weight is 225 g/mol. The SMILES string of the molecule is COC(=O)c1cc(=O)c(C)c(C(=O)OC)[nH]1. The third-order valence-corrected chi connectivity index (χ3v) is 2.07. The highest BCUT2D eigenvalue weighted by Crippen LogP contribution is 2.04. The van der Waals surface area contributed by atoms with E-state index in [-0.39, 0.29) is 17.0 Å². The largest absolute Gasteiger partial charge is 0.464 e. The molecule has 6 nitrogen and oxygen atoms in total. The van der Waals surface area contributed by atoms with Crippen LogP contribution in [-0.4, -0.2) is 31.1 Å².